The summed E-state index contributed by atoms with van der Waals surface area (Å²) in [6.07, 6.45) is -0.266. The highest BCUT2D eigenvalue weighted by Crippen LogP contribution is 2.34. The van der Waals surface area contributed by atoms with Crippen molar-refractivity contribution in [2.24, 2.45) is 0 Å². The number of hydrogen-bond donors (Lipinski definition) is 3. The highest BCUT2D eigenvalue weighted by atomic mass is 16.5. The molecule has 1 saturated heterocycles. The number of carbonyl (C=O) groups is 1. The molecule has 0 spiro atoms. The number of oxazole rings is 1. The van der Waals surface area contributed by atoms with Gasteiger partial charge in [0, 0.05) is 5.70 Å². The maximum atomic E-state index is 13.2. The van der Waals surface area contributed by atoms with E-state index in [4.69, 9.17) is 9.15 Å². The van der Waals surface area contributed by atoms with E-state index in [1.54, 1.807) is 13.2 Å². The second-order valence-electron chi connectivity index (χ2n) is 6.73. The minimum Gasteiger partial charge on any atom is -0.494 e. The van der Waals surface area contributed by atoms with Crippen LogP contribution in [0.2, 0.25) is 0 Å². The lowest BCUT2D eigenvalue weighted by atomic mass is 10.0. The van der Waals surface area contributed by atoms with E-state index in [-0.39, 0.29) is 24.0 Å². The van der Waals surface area contributed by atoms with Gasteiger partial charge in [0.25, 0.3) is 5.91 Å². The van der Waals surface area contributed by atoms with E-state index in [0.717, 1.165) is 5.56 Å². The number of hydrazine groups is 2. The second-order valence-corrected chi connectivity index (χ2v) is 6.73. The van der Waals surface area contributed by atoms with Gasteiger partial charge < -0.3 is 14.5 Å². The van der Waals surface area contributed by atoms with Crippen LogP contribution < -0.4 is 21.0 Å². The molecule has 2 aliphatic heterocycles. The fraction of sp³-hybridized carbons (Fsp3) is 0.200. The fourth-order valence-corrected chi connectivity index (χ4v) is 3.71. The van der Waals surface area contributed by atoms with Gasteiger partial charge in [-0.05, 0) is 24.6 Å². The van der Waals surface area contributed by atoms with Crippen molar-refractivity contribution in [3.05, 3.63) is 65.7 Å². The summed E-state index contributed by atoms with van der Waals surface area (Å²) in [5, 5.41) is 4.94. The van der Waals surface area contributed by atoms with E-state index in [0.29, 0.717) is 28.1 Å². The highest BCUT2D eigenvalue weighted by Gasteiger charge is 2.44. The van der Waals surface area contributed by atoms with Crippen molar-refractivity contribution in [1.29, 1.82) is 0 Å². The first-order valence-corrected chi connectivity index (χ1v) is 8.98. The predicted molar refractivity (Wildman–Crippen MR) is 102 cm³/mol. The van der Waals surface area contributed by atoms with Crippen molar-refractivity contribution in [1.82, 2.24) is 26.3 Å². The Bertz CT molecular complexity index is 1090. The Morgan fingerprint density at radius 3 is 2.75 bits per heavy atom. The lowest BCUT2D eigenvalue weighted by molar-refractivity contribution is -0.130. The molecule has 0 radical (unpaired) electrons. The van der Waals surface area contributed by atoms with E-state index < -0.39 is 0 Å². The average Bonchev–Trinajstić information content (AvgIpc) is 3.32. The first kappa shape index (κ1) is 16.8. The van der Waals surface area contributed by atoms with Crippen LogP contribution in [0.4, 0.5) is 0 Å². The largest absolute Gasteiger partial charge is 0.494 e. The van der Waals surface area contributed by atoms with Gasteiger partial charge in [-0.3, -0.25) is 4.79 Å². The number of allylic oxidation sites excluding steroid dienone is 1. The fourth-order valence-electron chi connectivity index (χ4n) is 3.71. The molecule has 2 atom stereocenters. The summed E-state index contributed by atoms with van der Waals surface area (Å²) in [7, 11) is 1.58. The minimum absolute atomic E-state index is 0.0922. The standard InChI is InChI=1S/C20H19N5O3/c1-11-15(19-22-17-13(27-2)9-6-10-14(17)28-19)20(26)25-18(21-11)16(23-24-25)12-7-4-3-5-8-12/h3-10,16,18,21,23-24H,1-2H3. The van der Waals surface area contributed by atoms with Crippen LogP contribution in [0, 0.1) is 0 Å². The normalized spacial score (nSPS) is 21.8. The lowest BCUT2D eigenvalue weighted by Gasteiger charge is -2.33. The van der Waals surface area contributed by atoms with Crippen LogP contribution in [0.25, 0.3) is 16.7 Å². The molecular formula is C20H19N5O3. The average molecular weight is 377 g/mol. The van der Waals surface area contributed by atoms with Crippen molar-refractivity contribution in [3.63, 3.8) is 0 Å². The molecule has 0 aliphatic carbocycles. The molecule has 2 aliphatic rings. The number of ether oxygens (including phenoxy) is 1. The summed E-state index contributed by atoms with van der Waals surface area (Å²) in [4.78, 5) is 17.7. The van der Waals surface area contributed by atoms with Gasteiger partial charge in [-0.2, -0.15) is 5.53 Å². The van der Waals surface area contributed by atoms with E-state index in [2.05, 4.69) is 21.3 Å². The summed E-state index contributed by atoms with van der Waals surface area (Å²) >= 11 is 0. The van der Waals surface area contributed by atoms with Crippen molar-refractivity contribution in [2.75, 3.05) is 7.11 Å². The van der Waals surface area contributed by atoms with Crippen LogP contribution in [0.1, 0.15) is 24.4 Å². The first-order valence-electron chi connectivity index (χ1n) is 8.98. The van der Waals surface area contributed by atoms with Crippen LogP contribution >= 0.6 is 0 Å². The van der Waals surface area contributed by atoms with Gasteiger partial charge >= 0.3 is 0 Å². The van der Waals surface area contributed by atoms with E-state index >= 15 is 0 Å². The lowest BCUT2D eigenvalue weighted by Crippen LogP contribution is -2.54. The highest BCUT2D eigenvalue weighted by molar-refractivity contribution is 6.20. The number of hydrogen-bond acceptors (Lipinski definition) is 7. The zero-order chi connectivity index (χ0) is 19.3. The molecule has 5 rings (SSSR count). The third kappa shape index (κ3) is 2.46. The Kier molecular flexibility index (Phi) is 3.81. The Hall–Kier alpha value is -3.36. The number of carbonyl (C=O) groups excluding carboxylic acids is 1. The zero-order valence-electron chi connectivity index (χ0n) is 15.4. The molecule has 142 valence electrons. The van der Waals surface area contributed by atoms with E-state index in [1.165, 1.54) is 5.01 Å². The molecule has 0 bridgehead atoms. The van der Waals surface area contributed by atoms with Crippen LogP contribution in [0.5, 0.6) is 5.75 Å². The van der Waals surface area contributed by atoms with E-state index in [9.17, 15) is 4.79 Å². The number of nitrogens with zero attached hydrogens (tertiary/aromatic N) is 2. The molecular weight excluding hydrogens is 358 g/mol. The maximum Gasteiger partial charge on any atom is 0.278 e. The molecule has 1 fully saturated rings. The van der Waals surface area contributed by atoms with Crippen LogP contribution in [0.15, 0.2) is 58.6 Å². The van der Waals surface area contributed by atoms with E-state index in [1.807, 2.05) is 49.4 Å². The molecule has 2 unspecified atom stereocenters. The topological polar surface area (TPSA) is 91.7 Å². The SMILES string of the molecule is COc1cccc2oc(C3=C(C)NC4C(c5ccccc5)NNN4C3=O)nc12. The van der Waals surface area contributed by atoms with Crippen molar-refractivity contribution >= 4 is 22.6 Å². The van der Waals surface area contributed by atoms with Crippen LogP contribution in [0.3, 0.4) is 0 Å². The number of rotatable bonds is 3. The molecule has 3 heterocycles. The third-order valence-electron chi connectivity index (χ3n) is 5.08. The third-order valence-corrected chi connectivity index (χ3v) is 5.08. The molecule has 0 saturated carbocycles. The number of fused-ring (bicyclic) bond motifs is 2. The Balaban J connectivity index is 1.54. The van der Waals surface area contributed by atoms with Crippen LogP contribution in [-0.4, -0.2) is 29.2 Å². The van der Waals surface area contributed by atoms with Gasteiger partial charge in [0.05, 0.1) is 13.2 Å². The molecule has 3 aromatic rings. The Morgan fingerprint density at radius 2 is 1.96 bits per heavy atom. The van der Waals surface area contributed by atoms with Gasteiger partial charge in [-0.15, -0.1) is 0 Å². The number of benzene rings is 2. The maximum absolute atomic E-state index is 13.2. The molecule has 28 heavy (non-hydrogen) atoms. The Labute approximate surface area is 161 Å². The monoisotopic (exact) mass is 377 g/mol. The predicted octanol–water partition coefficient (Wildman–Crippen LogP) is 2.09. The summed E-state index contributed by atoms with van der Waals surface area (Å²) in [6.45, 7) is 1.86. The van der Waals surface area contributed by atoms with Gasteiger partial charge in [-0.25, -0.2) is 15.4 Å². The number of para-hydroxylation sites is 1. The van der Waals surface area contributed by atoms with Crippen LogP contribution in [-0.2, 0) is 4.79 Å². The number of methoxy groups -OCH3 is 1. The molecule has 1 aromatic heterocycles. The zero-order valence-corrected chi connectivity index (χ0v) is 15.4. The van der Waals surface area contributed by atoms with Gasteiger partial charge in [-0.1, -0.05) is 36.4 Å². The van der Waals surface area contributed by atoms with Gasteiger partial charge in [0.2, 0.25) is 5.89 Å². The second kappa shape index (κ2) is 6.36. The van der Waals surface area contributed by atoms with Crippen molar-refractivity contribution < 1.29 is 13.9 Å². The smallest absolute Gasteiger partial charge is 0.278 e. The van der Waals surface area contributed by atoms with Crippen molar-refractivity contribution in [2.45, 2.75) is 19.1 Å². The summed E-state index contributed by atoms with van der Waals surface area (Å²) in [6, 6.07) is 15.3. The number of aromatic nitrogens is 1. The van der Waals surface area contributed by atoms with Crippen molar-refractivity contribution in [3.8, 4) is 5.75 Å². The molecule has 2 aromatic carbocycles. The summed E-state index contributed by atoms with van der Waals surface area (Å²) in [5.41, 5.74) is 9.48. The summed E-state index contributed by atoms with van der Waals surface area (Å²) < 4.78 is 11.2. The molecule has 3 N–H and O–H groups in total. The summed E-state index contributed by atoms with van der Waals surface area (Å²) in [5.74, 6) is 0.653. The molecule has 8 nitrogen and oxygen atoms in total. The first-order chi connectivity index (χ1) is 13.7. The Morgan fingerprint density at radius 1 is 1.14 bits per heavy atom. The quantitative estimate of drug-likeness (QED) is 0.644. The number of nitrogens with one attached hydrogen (secondary N) is 3. The number of amides is 1. The minimum atomic E-state index is -0.266. The van der Waals surface area contributed by atoms with Gasteiger partial charge in [0.15, 0.2) is 11.1 Å². The van der Waals surface area contributed by atoms with Gasteiger partial charge in [0.1, 0.15) is 17.5 Å². The molecule has 8 heteroatoms. The molecule has 1 amide bonds.